The first-order chi connectivity index (χ1) is 8.74. The zero-order chi connectivity index (χ0) is 12.8. The molecule has 0 atom stereocenters. The van der Waals surface area contributed by atoms with E-state index in [1.54, 1.807) is 0 Å². The maximum absolute atomic E-state index is 10.5. The van der Waals surface area contributed by atoms with Crippen LogP contribution in [0.4, 0.5) is 4.79 Å². The van der Waals surface area contributed by atoms with E-state index in [1.165, 1.54) is 0 Å². The molecular formula is C13H19N3O2. The molecule has 0 spiro atoms. The summed E-state index contributed by atoms with van der Waals surface area (Å²) in [6.45, 7) is 3.38. The Labute approximate surface area is 107 Å². The number of aromatic nitrogens is 1. The van der Waals surface area contributed by atoms with Crippen molar-refractivity contribution in [2.24, 2.45) is 11.7 Å². The molecule has 1 fully saturated rings. The second kappa shape index (κ2) is 6.35. The molecular weight excluding hydrogens is 230 g/mol. The maximum atomic E-state index is 10.5. The van der Waals surface area contributed by atoms with Crippen LogP contribution in [0.5, 0.6) is 0 Å². The Bertz CT molecular complexity index is 375. The lowest BCUT2D eigenvalue weighted by atomic mass is 9.98. The van der Waals surface area contributed by atoms with Crippen LogP contribution in [0.3, 0.4) is 0 Å². The Morgan fingerprint density at radius 2 is 2.22 bits per heavy atom. The Hall–Kier alpha value is -1.62. The zero-order valence-electron chi connectivity index (χ0n) is 10.4. The molecule has 0 aliphatic carbocycles. The van der Waals surface area contributed by atoms with E-state index in [-0.39, 0.29) is 0 Å². The molecule has 2 heterocycles. The number of primary amides is 1. The van der Waals surface area contributed by atoms with E-state index >= 15 is 0 Å². The summed E-state index contributed by atoms with van der Waals surface area (Å²) in [6, 6.07) is 5.98. The summed E-state index contributed by atoms with van der Waals surface area (Å²) in [6.07, 6.45) is 3.23. The van der Waals surface area contributed by atoms with Crippen molar-refractivity contribution in [2.75, 3.05) is 19.7 Å². The van der Waals surface area contributed by atoms with Gasteiger partial charge in [0.25, 0.3) is 0 Å². The summed E-state index contributed by atoms with van der Waals surface area (Å²) in [5, 5.41) is 0. The van der Waals surface area contributed by atoms with Gasteiger partial charge >= 0.3 is 6.09 Å². The van der Waals surface area contributed by atoms with Crippen molar-refractivity contribution in [3.8, 4) is 0 Å². The fraction of sp³-hybridized carbons (Fsp3) is 0.538. The van der Waals surface area contributed by atoms with E-state index in [2.05, 4.69) is 9.88 Å². The van der Waals surface area contributed by atoms with Gasteiger partial charge in [0, 0.05) is 12.7 Å². The van der Waals surface area contributed by atoms with Crippen molar-refractivity contribution in [2.45, 2.75) is 19.4 Å². The number of nitrogens with two attached hydrogens (primary N) is 1. The van der Waals surface area contributed by atoms with Gasteiger partial charge < -0.3 is 10.5 Å². The van der Waals surface area contributed by atoms with Crippen LogP contribution in [-0.2, 0) is 11.3 Å². The minimum absolute atomic E-state index is 0.442. The predicted octanol–water partition coefficient (Wildman–Crippen LogP) is 1.39. The topological polar surface area (TPSA) is 68.5 Å². The molecule has 0 aromatic carbocycles. The summed E-state index contributed by atoms with van der Waals surface area (Å²) in [7, 11) is 0. The van der Waals surface area contributed by atoms with Crippen LogP contribution in [0.2, 0.25) is 0 Å². The smallest absolute Gasteiger partial charge is 0.404 e. The van der Waals surface area contributed by atoms with E-state index in [0.29, 0.717) is 12.5 Å². The van der Waals surface area contributed by atoms with Crippen LogP contribution in [0, 0.1) is 5.92 Å². The average molecular weight is 249 g/mol. The molecule has 1 saturated heterocycles. The van der Waals surface area contributed by atoms with Crippen molar-refractivity contribution in [1.29, 1.82) is 0 Å². The summed E-state index contributed by atoms with van der Waals surface area (Å²) in [5.41, 5.74) is 6.06. The highest BCUT2D eigenvalue weighted by molar-refractivity contribution is 5.64. The molecule has 18 heavy (non-hydrogen) atoms. The van der Waals surface area contributed by atoms with Crippen LogP contribution < -0.4 is 5.73 Å². The van der Waals surface area contributed by atoms with Gasteiger partial charge in [0.15, 0.2) is 0 Å². The van der Waals surface area contributed by atoms with Crippen LogP contribution >= 0.6 is 0 Å². The second-order valence-electron chi connectivity index (χ2n) is 4.67. The van der Waals surface area contributed by atoms with Gasteiger partial charge in [-0.15, -0.1) is 0 Å². The number of likely N-dealkylation sites (tertiary alicyclic amines) is 1. The predicted molar refractivity (Wildman–Crippen MR) is 67.8 cm³/mol. The standard InChI is InChI=1S/C13H19N3O2/c14-13(17)18-10-11-4-7-16(8-5-11)9-12-3-1-2-6-15-12/h1-3,6,11H,4-5,7-10H2,(H2,14,17). The van der Waals surface area contributed by atoms with E-state index in [1.807, 2.05) is 24.4 Å². The van der Waals surface area contributed by atoms with Crippen molar-refractivity contribution < 1.29 is 9.53 Å². The van der Waals surface area contributed by atoms with Gasteiger partial charge in [-0.2, -0.15) is 0 Å². The maximum Gasteiger partial charge on any atom is 0.404 e. The number of amides is 1. The molecule has 1 amide bonds. The van der Waals surface area contributed by atoms with Crippen molar-refractivity contribution >= 4 is 6.09 Å². The molecule has 1 aliphatic heterocycles. The molecule has 1 aliphatic rings. The highest BCUT2D eigenvalue weighted by Crippen LogP contribution is 2.18. The Kier molecular flexibility index (Phi) is 4.52. The molecule has 0 unspecified atom stereocenters. The van der Waals surface area contributed by atoms with Gasteiger partial charge in [-0.05, 0) is 44.0 Å². The number of carbonyl (C=O) groups excluding carboxylic acids is 1. The van der Waals surface area contributed by atoms with Gasteiger partial charge in [0.2, 0.25) is 0 Å². The average Bonchev–Trinajstić information content (AvgIpc) is 2.39. The van der Waals surface area contributed by atoms with E-state index in [0.717, 1.165) is 38.2 Å². The molecule has 98 valence electrons. The van der Waals surface area contributed by atoms with Gasteiger partial charge in [-0.1, -0.05) is 6.07 Å². The van der Waals surface area contributed by atoms with Crippen molar-refractivity contribution in [3.63, 3.8) is 0 Å². The summed E-state index contributed by atoms with van der Waals surface area (Å²) in [5.74, 6) is 0.442. The third kappa shape index (κ3) is 4.00. The highest BCUT2D eigenvalue weighted by atomic mass is 16.5. The molecule has 5 nitrogen and oxygen atoms in total. The molecule has 1 aromatic rings. The third-order valence-corrected chi connectivity index (χ3v) is 3.28. The number of nitrogens with zero attached hydrogens (tertiary/aromatic N) is 2. The zero-order valence-corrected chi connectivity index (χ0v) is 10.4. The lowest BCUT2D eigenvalue weighted by Crippen LogP contribution is -2.35. The molecule has 0 saturated carbocycles. The van der Waals surface area contributed by atoms with Gasteiger partial charge in [-0.3, -0.25) is 9.88 Å². The SMILES string of the molecule is NC(=O)OCC1CCN(Cc2ccccn2)CC1. The largest absolute Gasteiger partial charge is 0.449 e. The number of pyridine rings is 1. The molecule has 1 aromatic heterocycles. The Morgan fingerprint density at radius 1 is 1.44 bits per heavy atom. The van der Waals surface area contributed by atoms with Gasteiger partial charge in [0.05, 0.1) is 12.3 Å². The van der Waals surface area contributed by atoms with Gasteiger partial charge in [0.1, 0.15) is 0 Å². The monoisotopic (exact) mass is 249 g/mol. The highest BCUT2D eigenvalue weighted by Gasteiger charge is 2.20. The molecule has 0 bridgehead atoms. The summed E-state index contributed by atoms with van der Waals surface area (Å²) < 4.78 is 4.84. The Morgan fingerprint density at radius 3 is 2.83 bits per heavy atom. The number of hydrogen-bond acceptors (Lipinski definition) is 4. The van der Waals surface area contributed by atoms with E-state index < -0.39 is 6.09 Å². The Balaban J connectivity index is 1.72. The quantitative estimate of drug-likeness (QED) is 0.875. The first kappa shape index (κ1) is 12.8. The first-order valence-corrected chi connectivity index (χ1v) is 6.28. The third-order valence-electron chi connectivity index (χ3n) is 3.28. The second-order valence-corrected chi connectivity index (χ2v) is 4.67. The molecule has 2 rings (SSSR count). The van der Waals surface area contributed by atoms with Gasteiger partial charge in [-0.25, -0.2) is 4.79 Å². The fourth-order valence-corrected chi connectivity index (χ4v) is 2.23. The van der Waals surface area contributed by atoms with Crippen molar-refractivity contribution in [1.82, 2.24) is 9.88 Å². The van der Waals surface area contributed by atoms with Crippen LogP contribution in [0.1, 0.15) is 18.5 Å². The first-order valence-electron chi connectivity index (χ1n) is 6.28. The van der Waals surface area contributed by atoms with Crippen LogP contribution in [-0.4, -0.2) is 35.7 Å². The summed E-state index contributed by atoms with van der Waals surface area (Å²) >= 11 is 0. The van der Waals surface area contributed by atoms with Crippen LogP contribution in [0.25, 0.3) is 0 Å². The minimum atomic E-state index is -0.675. The number of carbonyl (C=O) groups is 1. The number of ether oxygens (including phenoxy) is 1. The fourth-order valence-electron chi connectivity index (χ4n) is 2.23. The lowest BCUT2D eigenvalue weighted by Gasteiger charge is -2.31. The lowest BCUT2D eigenvalue weighted by molar-refractivity contribution is 0.0996. The summed E-state index contributed by atoms with van der Waals surface area (Å²) in [4.78, 5) is 17.2. The minimum Gasteiger partial charge on any atom is -0.449 e. The van der Waals surface area contributed by atoms with Crippen molar-refractivity contribution in [3.05, 3.63) is 30.1 Å². The number of piperidine rings is 1. The van der Waals surface area contributed by atoms with E-state index in [9.17, 15) is 4.79 Å². The number of hydrogen-bond donors (Lipinski definition) is 1. The normalized spacial score (nSPS) is 17.6. The molecule has 5 heteroatoms. The molecule has 2 N–H and O–H groups in total. The van der Waals surface area contributed by atoms with Crippen LogP contribution in [0.15, 0.2) is 24.4 Å². The van der Waals surface area contributed by atoms with E-state index in [4.69, 9.17) is 10.5 Å². The number of rotatable bonds is 4. The molecule has 0 radical (unpaired) electrons.